The summed E-state index contributed by atoms with van der Waals surface area (Å²) in [5.41, 5.74) is 5.67. The molecule has 0 saturated heterocycles. The topological polar surface area (TPSA) is 38.4 Å². The molecule has 0 aromatic heterocycles. The molecular weight excluding hydrogens is 180 g/mol. The van der Waals surface area contributed by atoms with Gasteiger partial charge in [0.2, 0.25) is 0 Å². The van der Waals surface area contributed by atoms with Crippen LogP contribution in [-0.4, -0.2) is 24.4 Å². The van der Waals surface area contributed by atoms with Crippen molar-refractivity contribution < 1.29 is 0 Å². The van der Waals surface area contributed by atoms with E-state index < -0.39 is 0 Å². The lowest BCUT2D eigenvalue weighted by Crippen LogP contribution is -2.11. The molecule has 0 fully saturated rings. The maximum Gasteiger partial charge on any atom is 0.0936 e. The zero-order chi connectivity index (χ0) is 9.94. The molecule has 0 bridgehead atoms. The third-order valence-corrected chi connectivity index (χ3v) is 2.52. The van der Waals surface area contributed by atoms with Crippen LogP contribution in [0.25, 0.3) is 0 Å². The summed E-state index contributed by atoms with van der Waals surface area (Å²) in [6, 6.07) is 0. The predicted octanol–water partition coefficient (Wildman–Crippen LogP) is 2.68. The molecule has 0 rings (SSSR count). The van der Waals surface area contributed by atoms with Crippen LogP contribution in [0.15, 0.2) is 4.99 Å². The number of nitrogens with two attached hydrogens (primary N) is 1. The molecule has 0 unspecified atom stereocenters. The first-order valence-corrected chi connectivity index (χ1v) is 6.48. The van der Waals surface area contributed by atoms with Gasteiger partial charge in [0.1, 0.15) is 0 Å². The second-order valence-electron chi connectivity index (χ2n) is 3.18. The summed E-state index contributed by atoms with van der Waals surface area (Å²) in [6.45, 7) is 3.04. The Labute approximate surface area is 86.4 Å². The predicted molar refractivity (Wildman–Crippen MR) is 63.6 cm³/mol. The van der Waals surface area contributed by atoms with Gasteiger partial charge in [0.15, 0.2) is 0 Å². The second-order valence-corrected chi connectivity index (χ2v) is 4.16. The number of nitrogens with zero attached hydrogens (tertiary/aromatic N) is 1. The summed E-state index contributed by atoms with van der Waals surface area (Å²) < 4.78 is 0. The highest BCUT2D eigenvalue weighted by atomic mass is 32.2. The highest BCUT2D eigenvalue weighted by Crippen LogP contribution is 2.02. The molecule has 0 aliphatic carbocycles. The average molecular weight is 202 g/mol. The Morgan fingerprint density at radius 2 is 2.08 bits per heavy atom. The Balaban J connectivity index is 3.18. The summed E-state index contributed by atoms with van der Waals surface area (Å²) >= 11 is 1.91. The minimum Gasteiger partial charge on any atom is -0.387 e. The Bertz CT molecular complexity index is 135. The Kier molecular flexibility index (Phi) is 9.77. The van der Waals surface area contributed by atoms with E-state index in [2.05, 4.69) is 18.2 Å². The van der Waals surface area contributed by atoms with E-state index in [9.17, 15) is 0 Å². The zero-order valence-corrected chi connectivity index (χ0v) is 9.70. The first kappa shape index (κ1) is 12.8. The summed E-state index contributed by atoms with van der Waals surface area (Å²) in [5.74, 6) is 2.10. The lowest BCUT2D eigenvalue weighted by Gasteiger charge is -1.99. The Morgan fingerprint density at radius 1 is 1.31 bits per heavy atom. The number of amidine groups is 1. The third kappa shape index (κ3) is 9.74. The van der Waals surface area contributed by atoms with E-state index in [1.165, 1.54) is 25.0 Å². The number of hydrogen-bond acceptors (Lipinski definition) is 2. The van der Waals surface area contributed by atoms with E-state index in [1.54, 1.807) is 0 Å². The highest BCUT2D eigenvalue weighted by Gasteiger charge is 1.90. The van der Waals surface area contributed by atoms with Gasteiger partial charge in [-0.2, -0.15) is 11.8 Å². The van der Waals surface area contributed by atoms with Gasteiger partial charge in [-0.3, -0.25) is 4.99 Å². The van der Waals surface area contributed by atoms with E-state index in [0.29, 0.717) is 0 Å². The molecule has 0 aliphatic rings. The van der Waals surface area contributed by atoms with Crippen molar-refractivity contribution in [2.24, 2.45) is 10.7 Å². The van der Waals surface area contributed by atoms with E-state index in [0.717, 1.165) is 25.2 Å². The molecule has 0 amide bonds. The van der Waals surface area contributed by atoms with Crippen molar-refractivity contribution in [3.05, 3.63) is 0 Å². The molecular formula is C10H22N2S. The van der Waals surface area contributed by atoms with Crippen LogP contribution in [-0.2, 0) is 0 Å². The molecule has 0 aromatic carbocycles. The monoisotopic (exact) mass is 202 g/mol. The van der Waals surface area contributed by atoms with Crippen molar-refractivity contribution in [3.63, 3.8) is 0 Å². The van der Waals surface area contributed by atoms with Crippen molar-refractivity contribution in [2.45, 2.75) is 39.0 Å². The van der Waals surface area contributed by atoms with Crippen molar-refractivity contribution in [1.29, 1.82) is 0 Å². The molecule has 0 heterocycles. The molecule has 0 aliphatic heterocycles. The number of thioether (sulfide) groups is 1. The van der Waals surface area contributed by atoms with Gasteiger partial charge in [0.25, 0.3) is 0 Å². The van der Waals surface area contributed by atoms with Crippen LogP contribution in [0.3, 0.4) is 0 Å². The van der Waals surface area contributed by atoms with Crippen LogP contribution in [0.4, 0.5) is 0 Å². The van der Waals surface area contributed by atoms with Crippen LogP contribution in [0, 0.1) is 0 Å². The maximum atomic E-state index is 5.67. The first-order chi connectivity index (χ1) is 6.31. The van der Waals surface area contributed by atoms with Gasteiger partial charge in [-0.1, -0.05) is 13.3 Å². The van der Waals surface area contributed by atoms with E-state index in [4.69, 9.17) is 5.73 Å². The summed E-state index contributed by atoms with van der Waals surface area (Å²) in [5, 5.41) is 0. The largest absolute Gasteiger partial charge is 0.387 e. The van der Waals surface area contributed by atoms with Gasteiger partial charge in [-0.25, -0.2) is 0 Å². The standard InChI is InChI=1S/C10H22N2S/c1-3-7-10(11)12-8-5-4-6-9-13-2/h3-9H2,1-2H3,(H2,11,12). The van der Waals surface area contributed by atoms with E-state index >= 15 is 0 Å². The molecule has 0 radical (unpaired) electrons. The van der Waals surface area contributed by atoms with Crippen LogP contribution < -0.4 is 5.73 Å². The third-order valence-electron chi connectivity index (χ3n) is 1.83. The molecule has 0 saturated carbocycles. The molecule has 2 N–H and O–H groups in total. The number of hydrogen-bond donors (Lipinski definition) is 1. The SMILES string of the molecule is CCCC(N)=NCCCCCSC. The summed E-state index contributed by atoms with van der Waals surface area (Å²) in [6.07, 6.45) is 7.98. The van der Waals surface area contributed by atoms with Gasteiger partial charge in [-0.05, 0) is 31.3 Å². The van der Waals surface area contributed by atoms with Crippen molar-refractivity contribution in [1.82, 2.24) is 0 Å². The smallest absolute Gasteiger partial charge is 0.0936 e. The van der Waals surface area contributed by atoms with Crippen molar-refractivity contribution >= 4 is 17.6 Å². The van der Waals surface area contributed by atoms with Crippen LogP contribution >= 0.6 is 11.8 Å². The Hall–Kier alpha value is -0.180. The van der Waals surface area contributed by atoms with Crippen LogP contribution in [0.5, 0.6) is 0 Å². The molecule has 3 heteroatoms. The summed E-state index contributed by atoms with van der Waals surface area (Å²) in [4.78, 5) is 4.30. The Morgan fingerprint density at radius 3 is 2.69 bits per heavy atom. The molecule has 78 valence electrons. The number of aliphatic imine (C=N–C) groups is 1. The average Bonchev–Trinajstić information content (AvgIpc) is 2.11. The van der Waals surface area contributed by atoms with Crippen molar-refractivity contribution in [2.75, 3.05) is 18.6 Å². The van der Waals surface area contributed by atoms with E-state index in [1.807, 2.05) is 11.8 Å². The van der Waals surface area contributed by atoms with Gasteiger partial charge < -0.3 is 5.73 Å². The lowest BCUT2D eigenvalue weighted by molar-refractivity contribution is 0.731. The van der Waals surface area contributed by atoms with Gasteiger partial charge in [0, 0.05) is 13.0 Å². The number of rotatable bonds is 8. The zero-order valence-electron chi connectivity index (χ0n) is 8.88. The first-order valence-electron chi connectivity index (χ1n) is 5.09. The van der Waals surface area contributed by atoms with Gasteiger partial charge in [0.05, 0.1) is 5.84 Å². The number of unbranched alkanes of at least 4 members (excludes halogenated alkanes) is 2. The molecule has 0 aromatic rings. The minimum absolute atomic E-state index is 0.826. The van der Waals surface area contributed by atoms with Gasteiger partial charge >= 0.3 is 0 Å². The van der Waals surface area contributed by atoms with Crippen molar-refractivity contribution in [3.8, 4) is 0 Å². The molecule has 2 nitrogen and oxygen atoms in total. The minimum atomic E-state index is 0.826. The maximum absolute atomic E-state index is 5.67. The normalized spacial score (nSPS) is 12.0. The fourth-order valence-corrected chi connectivity index (χ4v) is 1.59. The second kappa shape index (κ2) is 9.90. The van der Waals surface area contributed by atoms with E-state index in [-0.39, 0.29) is 0 Å². The van der Waals surface area contributed by atoms with Crippen LogP contribution in [0.1, 0.15) is 39.0 Å². The van der Waals surface area contributed by atoms with Gasteiger partial charge in [-0.15, -0.1) is 0 Å². The molecule has 0 atom stereocenters. The molecule has 0 spiro atoms. The fourth-order valence-electron chi connectivity index (χ4n) is 1.09. The quantitative estimate of drug-likeness (QED) is 0.373. The lowest BCUT2D eigenvalue weighted by atomic mass is 10.2. The van der Waals surface area contributed by atoms with Crippen LogP contribution in [0.2, 0.25) is 0 Å². The molecule has 13 heavy (non-hydrogen) atoms. The summed E-state index contributed by atoms with van der Waals surface area (Å²) in [7, 11) is 0. The fraction of sp³-hybridized carbons (Fsp3) is 0.900. The highest BCUT2D eigenvalue weighted by molar-refractivity contribution is 7.98.